The zero-order valence-electron chi connectivity index (χ0n) is 16.6. The molecule has 0 unspecified atom stereocenters. The average molecular weight is 431 g/mol. The van der Waals surface area contributed by atoms with Crippen molar-refractivity contribution in [2.45, 2.75) is 57.0 Å². The molecular weight excluding hydrogens is 407 g/mol. The lowest BCUT2D eigenvalue weighted by molar-refractivity contribution is 0.0876. The minimum Gasteiger partial charge on any atom is -0.443 e. The van der Waals surface area contributed by atoms with Gasteiger partial charge in [-0.25, -0.2) is 14.2 Å². The van der Waals surface area contributed by atoms with E-state index in [2.05, 4.69) is 4.98 Å². The van der Waals surface area contributed by atoms with Gasteiger partial charge in [-0.2, -0.15) is 0 Å². The third kappa shape index (κ3) is 4.64. The standard InChI is InChI=1S/C23H24ClFN2O3/c24-19-10-7-16(11-20(19)25)13-1-5-15(6-2-13)22(28)21-18(14-3-4-14)9-8-17(27-21)12-30-23(26)29/h7-11,13-15H,1-6,12H2,(H2,26,29). The molecule has 7 heteroatoms. The Labute approximate surface area is 179 Å². The van der Waals surface area contributed by atoms with Gasteiger partial charge in [0.25, 0.3) is 0 Å². The van der Waals surface area contributed by atoms with E-state index in [-0.39, 0.29) is 29.2 Å². The molecule has 1 aromatic carbocycles. The van der Waals surface area contributed by atoms with Crippen LogP contribution in [0.2, 0.25) is 5.02 Å². The van der Waals surface area contributed by atoms with Gasteiger partial charge < -0.3 is 10.5 Å². The number of nitrogens with zero attached hydrogens (tertiary/aromatic N) is 1. The number of amides is 1. The van der Waals surface area contributed by atoms with Crippen molar-refractivity contribution >= 4 is 23.5 Å². The number of rotatable bonds is 6. The molecule has 2 N–H and O–H groups in total. The topological polar surface area (TPSA) is 82.3 Å². The first-order chi connectivity index (χ1) is 14.4. The number of nitrogens with two attached hydrogens (primary N) is 1. The first-order valence-corrected chi connectivity index (χ1v) is 10.7. The molecule has 158 valence electrons. The maximum atomic E-state index is 13.8. The van der Waals surface area contributed by atoms with E-state index >= 15 is 0 Å². The van der Waals surface area contributed by atoms with Crippen LogP contribution in [0.15, 0.2) is 30.3 Å². The van der Waals surface area contributed by atoms with E-state index < -0.39 is 11.9 Å². The van der Waals surface area contributed by atoms with Crippen molar-refractivity contribution in [1.29, 1.82) is 0 Å². The second-order valence-electron chi connectivity index (χ2n) is 8.21. The van der Waals surface area contributed by atoms with Gasteiger partial charge in [0, 0.05) is 5.92 Å². The number of pyridine rings is 1. The highest BCUT2D eigenvalue weighted by molar-refractivity contribution is 6.30. The number of hydrogen-bond acceptors (Lipinski definition) is 4. The van der Waals surface area contributed by atoms with E-state index in [4.69, 9.17) is 22.1 Å². The maximum absolute atomic E-state index is 13.8. The minimum absolute atomic E-state index is 0.0462. The predicted octanol–water partition coefficient (Wildman–Crippen LogP) is 5.50. The summed E-state index contributed by atoms with van der Waals surface area (Å²) < 4.78 is 18.6. The largest absolute Gasteiger partial charge is 0.443 e. The molecule has 2 aromatic rings. The van der Waals surface area contributed by atoms with Gasteiger partial charge in [0.1, 0.15) is 18.1 Å². The molecule has 2 aliphatic carbocycles. The summed E-state index contributed by atoms with van der Waals surface area (Å²) in [5, 5.41) is 0.126. The van der Waals surface area contributed by atoms with Gasteiger partial charge in [0.15, 0.2) is 5.78 Å². The van der Waals surface area contributed by atoms with Gasteiger partial charge in [-0.1, -0.05) is 23.7 Å². The Hall–Kier alpha value is -2.47. The molecule has 5 nitrogen and oxygen atoms in total. The normalized spacial score (nSPS) is 21.3. The number of carbonyl (C=O) groups excluding carboxylic acids is 2. The number of benzene rings is 1. The monoisotopic (exact) mass is 430 g/mol. The van der Waals surface area contributed by atoms with Crippen molar-refractivity contribution in [2.24, 2.45) is 11.7 Å². The first kappa shape index (κ1) is 20.8. The zero-order chi connectivity index (χ0) is 21.3. The number of ether oxygens (including phenoxy) is 1. The molecule has 0 bridgehead atoms. The summed E-state index contributed by atoms with van der Waals surface area (Å²) in [6, 6.07) is 8.69. The van der Waals surface area contributed by atoms with E-state index in [1.807, 2.05) is 12.1 Å². The zero-order valence-corrected chi connectivity index (χ0v) is 17.3. The molecule has 0 radical (unpaired) electrons. The summed E-state index contributed by atoms with van der Waals surface area (Å²) in [4.78, 5) is 28.7. The fourth-order valence-corrected chi connectivity index (χ4v) is 4.42. The molecule has 0 aliphatic heterocycles. The highest BCUT2D eigenvalue weighted by Crippen LogP contribution is 2.43. The van der Waals surface area contributed by atoms with Crippen molar-refractivity contribution in [2.75, 3.05) is 0 Å². The van der Waals surface area contributed by atoms with Crippen molar-refractivity contribution in [3.63, 3.8) is 0 Å². The van der Waals surface area contributed by atoms with E-state index in [1.165, 1.54) is 6.07 Å². The van der Waals surface area contributed by atoms with Gasteiger partial charge in [-0.05, 0) is 79.7 Å². The number of hydrogen-bond donors (Lipinski definition) is 1. The molecule has 2 aliphatic rings. The second-order valence-corrected chi connectivity index (χ2v) is 8.62. The van der Waals surface area contributed by atoms with E-state index in [0.717, 1.165) is 49.7 Å². The molecule has 2 saturated carbocycles. The molecule has 0 saturated heterocycles. The highest BCUT2D eigenvalue weighted by atomic mass is 35.5. The fraction of sp³-hybridized carbons (Fsp3) is 0.435. The highest BCUT2D eigenvalue weighted by Gasteiger charge is 2.34. The van der Waals surface area contributed by atoms with E-state index in [0.29, 0.717) is 17.3 Å². The van der Waals surface area contributed by atoms with Gasteiger partial charge in [0.2, 0.25) is 0 Å². The quantitative estimate of drug-likeness (QED) is 0.613. The van der Waals surface area contributed by atoms with Gasteiger partial charge in [0.05, 0.1) is 10.7 Å². The molecule has 0 atom stereocenters. The number of carbonyl (C=O) groups is 2. The van der Waals surface area contributed by atoms with Crippen LogP contribution in [0.4, 0.5) is 9.18 Å². The van der Waals surface area contributed by atoms with Crippen LogP contribution in [-0.2, 0) is 11.3 Å². The van der Waals surface area contributed by atoms with Crippen molar-refractivity contribution in [1.82, 2.24) is 4.98 Å². The fourth-order valence-electron chi connectivity index (χ4n) is 4.31. The number of aromatic nitrogens is 1. The number of Topliss-reactive ketones (excluding diaryl/α,β-unsaturated/α-hetero) is 1. The molecule has 0 spiro atoms. The van der Waals surface area contributed by atoms with Crippen molar-refractivity contribution < 1.29 is 18.7 Å². The lowest BCUT2D eigenvalue weighted by Crippen LogP contribution is -2.24. The van der Waals surface area contributed by atoms with Crippen LogP contribution in [0.5, 0.6) is 0 Å². The molecule has 2 fully saturated rings. The molecule has 1 amide bonds. The molecular formula is C23H24ClFN2O3. The van der Waals surface area contributed by atoms with Crippen LogP contribution < -0.4 is 5.73 Å². The average Bonchev–Trinajstić information content (AvgIpc) is 3.59. The summed E-state index contributed by atoms with van der Waals surface area (Å²) in [6.07, 6.45) is 4.37. The Morgan fingerprint density at radius 2 is 1.77 bits per heavy atom. The number of halogens is 2. The van der Waals surface area contributed by atoms with Crippen LogP contribution in [0.1, 0.15) is 77.7 Å². The minimum atomic E-state index is -0.868. The SMILES string of the molecule is NC(=O)OCc1ccc(C2CC2)c(C(=O)C2CCC(c3ccc(Cl)c(F)c3)CC2)n1. The van der Waals surface area contributed by atoms with Gasteiger partial charge in [-0.15, -0.1) is 0 Å². The Balaban J connectivity index is 1.47. The van der Waals surface area contributed by atoms with E-state index in [9.17, 15) is 14.0 Å². The summed E-state index contributed by atoms with van der Waals surface area (Å²) in [5.41, 5.74) is 7.98. The van der Waals surface area contributed by atoms with Crippen molar-refractivity contribution in [3.05, 3.63) is 63.7 Å². The van der Waals surface area contributed by atoms with Crippen LogP contribution in [-0.4, -0.2) is 16.9 Å². The van der Waals surface area contributed by atoms with E-state index in [1.54, 1.807) is 12.1 Å². The Morgan fingerprint density at radius 1 is 1.07 bits per heavy atom. The Kier molecular flexibility index (Phi) is 6.04. The third-order valence-corrected chi connectivity index (χ3v) is 6.42. The smallest absolute Gasteiger partial charge is 0.404 e. The third-order valence-electron chi connectivity index (χ3n) is 6.11. The van der Waals surface area contributed by atoms with Crippen LogP contribution in [0, 0.1) is 11.7 Å². The van der Waals surface area contributed by atoms with Crippen LogP contribution in [0.3, 0.4) is 0 Å². The first-order valence-electron chi connectivity index (χ1n) is 10.3. The predicted molar refractivity (Wildman–Crippen MR) is 111 cm³/mol. The summed E-state index contributed by atoms with van der Waals surface area (Å²) in [6.45, 7) is -0.0462. The number of primary amides is 1. The molecule has 1 heterocycles. The summed E-state index contributed by atoms with van der Waals surface area (Å²) in [5.74, 6) is 0.165. The summed E-state index contributed by atoms with van der Waals surface area (Å²) >= 11 is 5.79. The lowest BCUT2D eigenvalue weighted by atomic mass is 9.76. The van der Waals surface area contributed by atoms with Crippen molar-refractivity contribution in [3.8, 4) is 0 Å². The van der Waals surface area contributed by atoms with Crippen LogP contribution in [0.25, 0.3) is 0 Å². The number of ketones is 1. The second kappa shape index (κ2) is 8.72. The van der Waals surface area contributed by atoms with Crippen LogP contribution >= 0.6 is 11.6 Å². The van der Waals surface area contributed by atoms with Gasteiger partial charge in [-0.3, -0.25) is 4.79 Å². The molecule has 4 rings (SSSR count). The maximum Gasteiger partial charge on any atom is 0.404 e. The Bertz CT molecular complexity index is 969. The molecule has 1 aromatic heterocycles. The summed E-state index contributed by atoms with van der Waals surface area (Å²) in [7, 11) is 0. The Morgan fingerprint density at radius 3 is 2.40 bits per heavy atom. The van der Waals surface area contributed by atoms with Gasteiger partial charge >= 0.3 is 6.09 Å². The molecule has 30 heavy (non-hydrogen) atoms. The lowest BCUT2D eigenvalue weighted by Gasteiger charge is -2.28.